The van der Waals surface area contributed by atoms with E-state index >= 15 is 0 Å². The van der Waals surface area contributed by atoms with E-state index in [1.807, 2.05) is 0 Å². The lowest BCUT2D eigenvalue weighted by Gasteiger charge is -2.03. The minimum absolute atomic E-state index is 0. The first kappa shape index (κ1) is 11.6. The van der Waals surface area contributed by atoms with Crippen molar-refractivity contribution < 1.29 is 15.3 Å². The summed E-state index contributed by atoms with van der Waals surface area (Å²) in [5, 5.41) is 24.7. The monoisotopic (exact) mass is 204 g/mol. The summed E-state index contributed by atoms with van der Waals surface area (Å²) in [7, 11) is -0.887. The average molecular weight is 205 g/mol. The molecule has 0 spiro atoms. The highest BCUT2D eigenvalue weighted by atomic mass is 79.9. The third-order valence-corrected chi connectivity index (χ3v) is 1.80. The van der Waals surface area contributed by atoms with Crippen LogP contribution in [0.2, 0.25) is 0 Å². The number of halogens is 1. The number of aliphatic hydroxyl groups is 3. The van der Waals surface area contributed by atoms with Gasteiger partial charge in [0.25, 0.3) is 0 Å². The highest BCUT2D eigenvalue weighted by molar-refractivity contribution is 8.93. The summed E-state index contributed by atoms with van der Waals surface area (Å²) < 4.78 is 0. The molecule has 0 aromatic rings. The van der Waals surface area contributed by atoms with Crippen LogP contribution in [0, 0.1) is 0 Å². The second kappa shape index (κ2) is 7.79. The lowest BCUT2D eigenvalue weighted by atomic mass is 11.6. The first-order valence-electron chi connectivity index (χ1n) is 1.90. The average Bonchev–Trinajstić information content (AvgIpc) is 1.72. The van der Waals surface area contributed by atoms with Crippen molar-refractivity contribution in [3.8, 4) is 0 Å². The van der Waals surface area contributed by atoms with Gasteiger partial charge in [-0.2, -0.15) is 0 Å². The van der Waals surface area contributed by atoms with Crippen molar-refractivity contribution in [2.75, 3.05) is 19.0 Å². The Bertz CT molecular complexity index is 36.0. The molecule has 0 saturated carbocycles. The molecule has 0 amide bonds. The molecule has 0 unspecified atom stereocenters. The molecule has 0 aliphatic carbocycles. The summed E-state index contributed by atoms with van der Waals surface area (Å²) >= 11 is 0. The van der Waals surface area contributed by atoms with Crippen molar-refractivity contribution in [1.82, 2.24) is 0 Å². The number of hydrogen-bond acceptors (Lipinski definition) is 3. The molecular weight excluding hydrogens is 195 g/mol. The van der Waals surface area contributed by atoms with Gasteiger partial charge in [-0.15, -0.1) is 17.0 Å². The van der Waals surface area contributed by atoms with Crippen molar-refractivity contribution in [2.24, 2.45) is 0 Å². The maximum absolute atomic E-state index is 8.23. The van der Waals surface area contributed by atoms with Crippen LogP contribution in [0.5, 0.6) is 0 Å². The molecule has 0 fully saturated rings. The summed E-state index contributed by atoms with van der Waals surface area (Å²) in [4.78, 5) is 0. The molecule has 0 aromatic carbocycles. The molecule has 5 heteroatoms. The highest BCUT2D eigenvalue weighted by Gasteiger charge is 1.98. The molecule has 0 atom stereocenters. The second-order valence-electron chi connectivity index (χ2n) is 1.10. The molecule has 0 aliphatic rings. The first-order valence-corrected chi connectivity index (χ1v) is 3.79. The van der Waals surface area contributed by atoms with Crippen LogP contribution in [0.4, 0.5) is 0 Å². The Morgan fingerprint density at radius 3 is 1.12 bits per heavy atom. The van der Waals surface area contributed by atoms with Gasteiger partial charge >= 0.3 is 0 Å². The fraction of sp³-hybridized carbons (Fsp3) is 1.00. The molecule has 52 valence electrons. The van der Waals surface area contributed by atoms with Crippen LogP contribution in [0.25, 0.3) is 0 Å². The van der Waals surface area contributed by atoms with Crippen molar-refractivity contribution in [1.29, 1.82) is 0 Å². The second-order valence-corrected chi connectivity index (χ2v) is 3.29. The van der Waals surface area contributed by atoms with Gasteiger partial charge in [-0.3, -0.25) is 0 Å². The minimum Gasteiger partial charge on any atom is -0.392 e. The fourth-order valence-electron chi connectivity index (χ4n) is 0.134. The van der Waals surface area contributed by atoms with Gasteiger partial charge in [0.1, 0.15) is 0 Å². The molecule has 8 heavy (non-hydrogen) atoms. The Labute approximate surface area is 59.9 Å². The summed E-state index contributed by atoms with van der Waals surface area (Å²) in [6.07, 6.45) is -0.243. The topological polar surface area (TPSA) is 60.7 Å². The van der Waals surface area contributed by atoms with Crippen molar-refractivity contribution in [3.05, 3.63) is 0 Å². The summed E-state index contributed by atoms with van der Waals surface area (Å²) in [6, 6.07) is 0. The molecule has 3 nitrogen and oxygen atoms in total. The Morgan fingerprint density at radius 1 is 0.875 bits per heavy atom. The normalized spacial score (nSPS) is 9.00. The smallest absolute Gasteiger partial charge is 0.0668 e. The van der Waals surface area contributed by atoms with Crippen molar-refractivity contribution in [3.63, 3.8) is 0 Å². The SMILES string of the molecule is Br.OCP(CO)CO. The number of rotatable bonds is 3. The van der Waals surface area contributed by atoms with Crippen LogP contribution in [0.1, 0.15) is 0 Å². The third-order valence-electron chi connectivity index (χ3n) is 0.600. The van der Waals surface area contributed by atoms with E-state index < -0.39 is 7.92 Å². The van der Waals surface area contributed by atoms with Gasteiger partial charge in [0.05, 0.1) is 19.0 Å². The fourth-order valence-corrected chi connectivity index (χ4v) is 0.402. The van der Waals surface area contributed by atoms with E-state index in [1.54, 1.807) is 0 Å². The molecule has 0 aliphatic heterocycles. The molecule has 0 radical (unpaired) electrons. The molecule has 0 rings (SSSR count). The number of aliphatic hydroxyl groups excluding tert-OH is 3. The van der Waals surface area contributed by atoms with Crippen LogP contribution < -0.4 is 0 Å². The van der Waals surface area contributed by atoms with Gasteiger partial charge in [-0.25, -0.2) is 0 Å². The zero-order valence-corrected chi connectivity index (χ0v) is 6.93. The van der Waals surface area contributed by atoms with Crippen LogP contribution >= 0.6 is 24.9 Å². The molecule has 3 N–H and O–H groups in total. The third kappa shape index (κ3) is 4.94. The largest absolute Gasteiger partial charge is 0.392 e. The predicted octanol–water partition coefficient (Wildman–Crippen LogP) is -0.104. The van der Waals surface area contributed by atoms with E-state index in [-0.39, 0.29) is 36.0 Å². The highest BCUT2D eigenvalue weighted by Crippen LogP contribution is 2.29. The molecule has 0 saturated heterocycles. The minimum atomic E-state index is -0.887. The Kier molecular flexibility index (Phi) is 11.3. The summed E-state index contributed by atoms with van der Waals surface area (Å²) in [5.74, 6) is 0. The Hall–Kier alpha value is 0.790. The summed E-state index contributed by atoms with van der Waals surface area (Å²) in [6.45, 7) is 0. The maximum atomic E-state index is 8.23. The molecular formula is C3H10BrO3P. The van der Waals surface area contributed by atoms with E-state index in [4.69, 9.17) is 15.3 Å². The first-order chi connectivity index (χ1) is 3.35. The lowest BCUT2D eigenvalue weighted by molar-refractivity contribution is 0.319. The Balaban J connectivity index is 0. The number of hydrogen-bond donors (Lipinski definition) is 3. The van der Waals surface area contributed by atoms with Crippen LogP contribution in [0.15, 0.2) is 0 Å². The predicted molar refractivity (Wildman–Crippen MR) is 38.5 cm³/mol. The standard InChI is InChI=1S/C3H9O3P.BrH/c4-1-7(2-5)3-6;/h4-6H,1-3H2;1H. The van der Waals surface area contributed by atoms with E-state index in [1.165, 1.54) is 0 Å². The van der Waals surface area contributed by atoms with E-state index in [0.29, 0.717) is 0 Å². The van der Waals surface area contributed by atoms with E-state index in [2.05, 4.69) is 0 Å². The molecule has 0 heterocycles. The van der Waals surface area contributed by atoms with E-state index in [0.717, 1.165) is 0 Å². The van der Waals surface area contributed by atoms with Crippen molar-refractivity contribution >= 4 is 24.9 Å². The van der Waals surface area contributed by atoms with Gasteiger partial charge in [-0.05, 0) is 7.92 Å². The van der Waals surface area contributed by atoms with Crippen molar-refractivity contribution in [2.45, 2.75) is 0 Å². The Morgan fingerprint density at radius 2 is 1.12 bits per heavy atom. The van der Waals surface area contributed by atoms with Gasteiger partial charge in [-0.1, -0.05) is 0 Å². The van der Waals surface area contributed by atoms with Gasteiger partial charge in [0, 0.05) is 0 Å². The zero-order chi connectivity index (χ0) is 5.70. The molecule has 0 aromatic heterocycles. The van der Waals surface area contributed by atoms with Crippen LogP contribution in [0.3, 0.4) is 0 Å². The maximum Gasteiger partial charge on any atom is 0.0668 e. The van der Waals surface area contributed by atoms with Crippen LogP contribution in [-0.4, -0.2) is 34.4 Å². The quantitative estimate of drug-likeness (QED) is 0.563. The van der Waals surface area contributed by atoms with E-state index in [9.17, 15) is 0 Å². The van der Waals surface area contributed by atoms with Gasteiger partial charge < -0.3 is 15.3 Å². The van der Waals surface area contributed by atoms with Gasteiger partial charge in [0.15, 0.2) is 0 Å². The molecule has 0 bridgehead atoms. The lowest BCUT2D eigenvalue weighted by Crippen LogP contribution is -1.91. The zero-order valence-electron chi connectivity index (χ0n) is 4.32. The van der Waals surface area contributed by atoms with Crippen LogP contribution in [-0.2, 0) is 0 Å². The summed E-state index contributed by atoms with van der Waals surface area (Å²) in [5.41, 5.74) is 0. The van der Waals surface area contributed by atoms with Gasteiger partial charge in [0.2, 0.25) is 0 Å².